The van der Waals surface area contributed by atoms with E-state index in [1.54, 1.807) is 11.3 Å². The molecule has 1 aliphatic heterocycles. The number of nitrogens with zero attached hydrogens (tertiary/aromatic N) is 1. The number of carboxylic acid groups (broad SMARTS) is 1. The van der Waals surface area contributed by atoms with Crippen molar-refractivity contribution in [3.8, 4) is 0 Å². The summed E-state index contributed by atoms with van der Waals surface area (Å²) in [6, 6.07) is 4.04. The monoisotopic (exact) mass is 309 g/mol. The number of aryl methyl sites for hydroxylation is 1. The van der Waals surface area contributed by atoms with Gasteiger partial charge in [-0.05, 0) is 37.1 Å². The van der Waals surface area contributed by atoms with E-state index in [0.29, 0.717) is 38.8 Å². The average molecular weight is 309 g/mol. The highest BCUT2D eigenvalue weighted by Gasteiger charge is 2.41. The average Bonchev–Trinajstić information content (AvgIpc) is 2.99. The summed E-state index contributed by atoms with van der Waals surface area (Å²) in [7, 11) is 0. The van der Waals surface area contributed by atoms with Crippen LogP contribution in [0, 0.1) is 5.41 Å². The summed E-state index contributed by atoms with van der Waals surface area (Å²) in [6.07, 6.45) is 4.06. The van der Waals surface area contributed by atoms with Gasteiger partial charge in [0.15, 0.2) is 0 Å². The molecule has 1 aliphatic rings. The highest BCUT2D eigenvalue weighted by molar-refractivity contribution is 7.09. The molecule has 0 aromatic carbocycles. The molecule has 1 aromatic heterocycles. The lowest BCUT2D eigenvalue weighted by Gasteiger charge is -2.39. The van der Waals surface area contributed by atoms with E-state index in [4.69, 9.17) is 0 Å². The molecule has 1 N–H and O–H groups in total. The van der Waals surface area contributed by atoms with Crippen molar-refractivity contribution in [2.75, 3.05) is 13.1 Å². The Kier molecular flexibility index (Phi) is 5.39. The van der Waals surface area contributed by atoms with E-state index in [1.807, 2.05) is 29.3 Å². The smallest absolute Gasteiger partial charge is 0.309 e. The van der Waals surface area contributed by atoms with Gasteiger partial charge in [0.1, 0.15) is 0 Å². The number of carboxylic acids is 1. The molecule has 0 bridgehead atoms. The Morgan fingerprint density at radius 1 is 1.38 bits per heavy atom. The van der Waals surface area contributed by atoms with Gasteiger partial charge in [-0.25, -0.2) is 0 Å². The van der Waals surface area contributed by atoms with Crippen molar-refractivity contribution < 1.29 is 14.7 Å². The van der Waals surface area contributed by atoms with Gasteiger partial charge in [-0.2, -0.15) is 0 Å². The van der Waals surface area contributed by atoms with Gasteiger partial charge in [0.25, 0.3) is 0 Å². The second-order valence-corrected chi connectivity index (χ2v) is 6.83. The number of rotatable bonds is 6. The highest BCUT2D eigenvalue weighted by Crippen LogP contribution is 2.36. The summed E-state index contributed by atoms with van der Waals surface area (Å²) in [6.45, 7) is 3.17. The normalized spacial score (nSPS) is 17.7. The molecule has 0 saturated carbocycles. The molecule has 5 heteroatoms. The molecule has 2 heterocycles. The van der Waals surface area contributed by atoms with Gasteiger partial charge >= 0.3 is 5.97 Å². The number of thiophene rings is 1. The minimum atomic E-state index is -0.699. The first kappa shape index (κ1) is 16.0. The second kappa shape index (κ2) is 7.07. The van der Waals surface area contributed by atoms with Crippen LogP contribution < -0.4 is 0 Å². The maximum Gasteiger partial charge on any atom is 0.309 e. The molecule has 1 fully saturated rings. The molecule has 0 radical (unpaired) electrons. The summed E-state index contributed by atoms with van der Waals surface area (Å²) in [5.41, 5.74) is -0.612. The van der Waals surface area contributed by atoms with Crippen molar-refractivity contribution in [3.63, 3.8) is 0 Å². The van der Waals surface area contributed by atoms with Crippen LogP contribution in [-0.2, 0) is 16.0 Å². The lowest BCUT2D eigenvalue weighted by molar-refractivity contribution is -0.155. The number of piperidine rings is 1. The second-order valence-electron chi connectivity index (χ2n) is 5.80. The van der Waals surface area contributed by atoms with Crippen molar-refractivity contribution in [1.82, 2.24) is 4.90 Å². The van der Waals surface area contributed by atoms with Crippen LogP contribution in [0.3, 0.4) is 0 Å². The summed E-state index contributed by atoms with van der Waals surface area (Å²) >= 11 is 1.67. The van der Waals surface area contributed by atoms with Gasteiger partial charge in [-0.3, -0.25) is 9.59 Å². The molecule has 0 spiro atoms. The number of amides is 1. The molecule has 0 aliphatic carbocycles. The summed E-state index contributed by atoms with van der Waals surface area (Å²) in [4.78, 5) is 26.8. The van der Waals surface area contributed by atoms with E-state index < -0.39 is 11.4 Å². The van der Waals surface area contributed by atoms with Crippen LogP contribution in [0.2, 0.25) is 0 Å². The minimum Gasteiger partial charge on any atom is -0.481 e. The van der Waals surface area contributed by atoms with Crippen molar-refractivity contribution in [2.24, 2.45) is 5.41 Å². The molecule has 2 rings (SSSR count). The fourth-order valence-electron chi connectivity index (χ4n) is 3.08. The van der Waals surface area contributed by atoms with Crippen LogP contribution in [-0.4, -0.2) is 35.0 Å². The third-order valence-corrected chi connectivity index (χ3v) is 5.36. The van der Waals surface area contributed by atoms with Crippen molar-refractivity contribution in [1.29, 1.82) is 0 Å². The number of aliphatic carboxylic acids is 1. The Morgan fingerprint density at radius 2 is 2.10 bits per heavy atom. The van der Waals surface area contributed by atoms with Crippen LogP contribution in [0.5, 0.6) is 0 Å². The SMILES string of the molecule is CCCC1(C(=O)O)CCN(C(=O)CCc2cccs2)CC1. The van der Waals surface area contributed by atoms with Gasteiger partial charge in [0, 0.05) is 24.4 Å². The molecule has 0 atom stereocenters. The predicted molar refractivity (Wildman–Crippen MR) is 83.4 cm³/mol. The molecule has 21 heavy (non-hydrogen) atoms. The minimum absolute atomic E-state index is 0.152. The number of carbonyl (C=O) groups excluding carboxylic acids is 1. The Morgan fingerprint density at radius 3 is 2.62 bits per heavy atom. The zero-order valence-electron chi connectivity index (χ0n) is 12.5. The molecular formula is C16H23NO3S. The van der Waals surface area contributed by atoms with Gasteiger partial charge in [-0.1, -0.05) is 19.4 Å². The van der Waals surface area contributed by atoms with Crippen molar-refractivity contribution in [2.45, 2.75) is 45.4 Å². The maximum atomic E-state index is 12.2. The van der Waals surface area contributed by atoms with Gasteiger partial charge in [0.2, 0.25) is 5.91 Å². The van der Waals surface area contributed by atoms with Crippen LogP contribution in [0.1, 0.15) is 43.9 Å². The zero-order valence-corrected chi connectivity index (χ0v) is 13.3. The Balaban J connectivity index is 1.85. The number of hydrogen-bond acceptors (Lipinski definition) is 3. The molecule has 1 amide bonds. The zero-order chi connectivity index (χ0) is 15.3. The Labute approximate surface area is 129 Å². The maximum absolute atomic E-state index is 12.2. The fourth-order valence-corrected chi connectivity index (χ4v) is 3.79. The first-order valence-electron chi connectivity index (χ1n) is 7.61. The van der Waals surface area contributed by atoms with Gasteiger partial charge < -0.3 is 10.0 Å². The quantitative estimate of drug-likeness (QED) is 0.878. The molecule has 4 nitrogen and oxygen atoms in total. The van der Waals surface area contributed by atoms with Crippen LogP contribution in [0.15, 0.2) is 17.5 Å². The lowest BCUT2D eigenvalue weighted by atomic mass is 9.75. The molecule has 0 unspecified atom stereocenters. The van der Waals surface area contributed by atoms with E-state index in [2.05, 4.69) is 0 Å². The molecule has 116 valence electrons. The molecule has 1 saturated heterocycles. The van der Waals surface area contributed by atoms with Gasteiger partial charge in [-0.15, -0.1) is 11.3 Å². The third-order valence-electron chi connectivity index (χ3n) is 4.42. The van der Waals surface area contributed by atoms with E-state index in [-0.39, 0.29) is 5.91 Å². The fraction of sp³-hybridized carbons (Fsp3) is 0.625. The Bertz CT molecular complexity index is 476. The van der Waals surface area contributed by atoms with Gasteiger partial charge in [0.05, 0.1) is 5.41 Å². The molecule has 1 aromatic rings. The lowest BCUT2D eigenvalue weighted by Crippen LogP contribution is -2.46. The summed E-state index contributed by atoms with van der Waals surface area (Å²) < 4.78 is 0. The van der Waals surface area contributed by atoms with Crippen molar-refractivity contribution in [3.05, 3.63) is 22.4 Å². The van der Waals surface area contributed by atoms with E-state index in [1.165, 1.54) is 4.88 Å². The first-order valence-corrected chi connectivity index (χ1v) is 8.49. The third kappa shape index (κ3) is 3.84. The van der Waals surface area contributed by atoms with E-state index in [9.17, 15) is 14.7 Å². The van der Waals surface area contributed by atoms with Crippen LogP contribution >= 0.6 is 11.3 Å². The number of carbonyl (C=O) groups is 2. The standard InChI is InChI=1S/C16H23NO3S/c1-2-7-16(15(19)20)8-10-17(11-9-16)14(18)6-5-13-4-3-12-21-13/h3-4,12H,2,5-11H2,1H3,(H,19,20). The van der Waals surface area contributed by atoms with Crippen LogP contribution in [0.4, 0.5) is 0 Å². The Hall–Kier alpha value is -1.36. The largest absolute Gasteiger partial charge is 0.481 e. The topological polar surface area (TPSA) is 57.6 Å². The van der Waals surface area contributed by atoms with Crippen molar-refractivity contribution >= 4 is 23.2 Å². The first-order chi connectivity index (χ1) is 10.1. The number of hydrogen-bond donors (Lipinski definition) is 1. The van der Waals surface area contributed by atoms with Crippen LogP contribution in [0.25, 0.3) is 0 Å². The molecular weight excluding hydrogens is 286 g/mol. The van der Waals surface area contributed by atoms with E-state index >= 15 is 0 Å². The predicted octanol–water partition coefficient (Wildman–Crippen LogP) is 3.17. The number of likely N-dealkylation sites (tertiary alicyclic amines) is 1. The summed E-state index contributed by atoms with van der Waals surface area (Å²) in [5, 5.41) is 11.5. The summed E-state index contributed by atoms with van der Waals surface area (Å²) in [5.74, 6) is -0.547. The highest BCUT2D eigenvalue weighted by atomic mass is 32.1. The van der Waals surface area contributed by atoms with E-state index in [0.717, 1.165) is 12.8 Å².